The van der Waals surface area contributed by atoms with E-state index in [0.29, 0.717) is 23.4 Å². The Kier molecular flexibility index (Phi) is 7.01. The average Bonchev–Trinajstić information content (AvgIpc) is 3.31. The molecule has 4 rings (SSSR count). The third kappa shape index (κ3) is 5.20. The van der Waals surface area contributed by atoms with Gasteiger partial charge in [-0.25, -0.2) is 19.9 Å². The Morgan fingerprint density at radius 1 is 1.17 bits per heavy atom. The van der Waals surface area contributed by atoms with Crippen LogP contribution in [0, 0.1) is 0 Å². The number of rotatable bonds is 8. The lowest BCUT2D eigenvalue weighted by Gasteiger charge is -2.14. The van der Waals surface area contributed by atoms with E-state index in [0.717, 1.165) is 6.07 Å². The fraction of sp³-hybridized carbons (Fsp3) is 0.261. The number of ether oxygens (including phenoxy) is 1. The highest BCUT2D eigenvalue weighted by Crippen LogP contribution is 2.36. The number of alkyl halides is 3. The first-order chi connectivity index (χ1) is 17.2. The van der Waals surface area contributed by atoms with Crippen LogP contribution in [0.5, 0.6) is 5.75 Å². The van der Waals surface area contributed by atoms with E-state index in [-0.39, 0.29) is 41.2 Å². The first kappa shape index (κ1) is 24.9. The topological polar surface area (TPSA) is 141 Å². The minimum absolute atomic E-state index is 0.0123. The lowest BCUT2D eigenvalue weighted by Crippen LogP contribution is -2.38. The highest BCUT2D eigenvalue weighted by atomic mass is 19.4. The molecule has 0 saturated heterocycles. The molecule has 0 spiro atoms. The van der Waals surface area contributed by atoms with E-state index >= 15 is 0 Å². The molecule has 0 aliphatic rings. The quantitative estimate of drug-likeness (QED) is 0.331. The summed E-state index contributed by atoms with van der Waals surface area (Å²) in [6.07, 6.45) is -1.45. The zero-order valence-corrected chi connectivity index (χ0v) is 19.3. The number of nitrogens with zero attached hydrogens (tertiary/aromatic N) is 4. The van der Waals surface area contributed by atoms with Gasteiger partial charge in [0.15, 0.2) is 11.5 Å². The van der Waals surface area contributed by atoms with Crippen LogP contribution in [0.25, 0.3) is 22.4 Å². The number of benzene rings is 1. The second kappa shape index (κ2) is 10.2. The number of hydrogen-bond donors (Lipinski definition) is 3. The minimum Gasteiger partial charge on any atom is -0.494 e. The van der Waals surface area contributed by atoms with Crippen LogP contribution in [-0.2, 0) is 12.7 Å². The molecule has 36 heavy (non-hydrogen) atoms. The number of anilines is 1. The number of aromatic nitrogens is 4. The van der Waals surface area contributed by atoms with Crippen LogP contribution in [0.15, 0.2) is 47.1 Å². The van der Waals surface area contributed by atoms with Gasteiger partial charge in [-0.1, -0.05) is 0 Å². The number of nitrogens with two attached hydrogens (primary N) is 1. The number of methoxy groups -OCH3 is 1. The molecule has 0 radical (unpaired) electrons. The molecule has 0 fully saturated rings. The van der Waals surface area contributed by atoms with Gasteiger partial charge in [0, 0.05) is 35.9 Å². The van der Waals surface area contributed by atoms with Gasteiger partial charge in [-0.15, -0.1) is 0 Å². The number of amides is 1. The fourth-order valence-corrected chi connectivity index (χ4v) is 3.46. The first-order valence-electron chi connectivity index (χ1n) is 10.8. The van der Waals surface area contributed by atoms with Crippen molar-refractivity contribution in [2.24, 2.45) is 5.73 Å². The molecule has 0 bridgehead atoms. The van der Waals surface area contributed by atoms with Crippen LogP contribution >= 0.6 is 0 Å². The summed E-state index contributed by atoms with van der Waals surface area (Å²) in [5, 5.41) is 6.10. The van der Waals surface area contributed by atoms with Crippen molar-refractivity contribution >= 4 is 22.8 Å². The largest absolute Gasteiger partial charge is 0.494 e. The molecule has 1 amide bonds. The van der Waals surface area contributed by atoms with E-state index in [4.69, 9.17) is 14.9 Å². The van der Waals surface area contributed by atoms with Gasteiger partial charge in [0.2, 0.25) is 11.8 Å². The summed E-state index contributed by atoms with van der Waals surface area (Å²) >= 11 is 0. The zero-order chi connectivity index (χ0) is 25.9. The van der Waals surface area contributed by atoms with Crippen molar-refractivity contribution in [1.29, 1.82) is 0 Å². The molecule has 1 aromatic carbocycles. The minimum atomic E-state index is -4.63. The van der Waals surface area contributed by atoms with Crippen LogP contribution < -0.4 is 21.1 Å². The number of oxazole rings is 1. The molecule has 4 N–H and O–H groups in total. The number of nitrogens with one attached hydrogen (secondary N) is 2. The summed E-state index contributed by atoms with van der Waals surface area (Å²) in [6.45, 7) is 2.00. The smallest absolute Gasteiger partial charge is 0.433 e. The molecular formula is C23H22F3N7O3. The SMILES string of the molecule is COc1ccc(-c2nc(C(=O)N[C@@H](C)CNc3ncccn3)c(CN)o2)c2ccc(C(F)(F)F)nc12. The van der Waals surface area contributed by atoms with Crippen LogP contribution in [0.1, 0.15) is 28.9 Å². The molecule has 0 aliphatic carbocycles. The monoisotopic (exact) mass is 501 g/mol. The van der Waals surface area contributed by atoms with Gasteiger partial charge in [-0.3, -0.25) is 4.79 Å². The second-order valence-corrected chi connectivity index (χ2v) is 7.73. The molecule has 0 aliphatic heterocycles. The molecule has 4 aromatic rings. The summed E-state index contributed by atoms with van der Waals surface area (Å²) in [5.41, 5.74) is 4.99. The van der Waals surface area contributed by atoms with Crippen molar-refractivity contribution in [1.82, 2.24) is 25.3 Å². The first-order valence-corrected chi connectivity index (χ1v) is 10.8. The molecule has 0 unspecified atom stereocenters. The van der Waals surface area contributed by atoms with Crippen molar-refractivity contribution in [3.63, 3.8) is 0 Å². The molecule has 10 nitrogen and oxygen atoms in total. The molecule has 188 valence electrons. The highest BCUT2D eigenvalue weighted by Gasteiger charge is 2.33. The second-order valence-electron chi connectivity index (χ2n) is 7.73. The molecule has 3 heterocycles. The Morgan fingerprint density at radius 3 is 2.58 bits per heavy atom. The van der Waals surface area contributed by atoms with Gasteiger partial charge >= 0.3 is 6.18 Å². The van der Waals surface area contributed by atoms with E-state index in [1.807, 2.05) is 0 Å². The Morgan fingerprint density at radius 2 is 1.92 bits per heavy atom. The van der Waals surface area contributed by atoms with Crippen molar-refractivity contribution in [3.8, 4) is 17.2 Å². The van der Waals surface area contributed by atoms with Crippen LogP contribution in [0.2, 0.25) is 0 Å². The van der Waals surface area contributed by atoms with Gasteiger partial charge in [-0.05, 0) is 37.3 Å². The van der Waals surface area contributed by atoms with E-state index < -0.39 is 17.8 Å². The molecule has 0 saturated carbocycles. The number of fused-ring (bicyclic) bond motifs is 1. The maximum atomic E-state index is 13.2. The van der Waals surface area contributed by atoms with E-state index in [9.17, 15) is 18.0 Å². The predicted octanol–water partition coefficient (Wildman–Crippen LogP) is 3.40. The average molecular weight is 501 g/mol. The zero-order valence-electron chi connectivity index (χ0n) is 19.3. The van der Waals surface area contributed by atoms with Gasteiger partial charge < -0.3 is 25.5 Å². The number of carbonyl (C=O) groups excluding carboxylic acids is 1. The lowest BCUT2D eigenvalue weighted by atomic mass is 10.1. The molecular weight excluding hydrogens is 479 g/mol. The summed E-state index contributed by atoms with van der Waals surface area (Å²) in [4.78, 5) is 29.0. The molecule has 1 atom stereocenters. The Bertz CT molecular complexity index is 1380. The van der Waals surface area contributed by atoms with Gasteiger partial charge in [0.25, 0.3) is 5.91 Å². The van der Waals surface area contributed by atoms with Crippen LogP contribution in [0.3, 0.4) is 0 Å². The standard InChI is InChI=1S/C23H22F3N7O3/c1-12(11-30-22-28-8-3-9-29-22)31-20(34)19-16(10-27)36-21(33-19)14-4-6-15(35-2)18-13(14)5-7-17(32-18)23(24,25)26/h3-9,12H,10-11,27H2,1-2H3,(H,31,34)(H,28,29,30)/t12-/m0/s1. The number of carbonyl (C=O) groups is 1. The normalized spacial score (nSPS) is 12.4. The lowest BCUT2D eigenvalue weighted by molar-refractivity contribution is -0.140. The summed E-state index contributed by atoms with van der Waals surface area (Å²) < 4.78 is 50.6. The molecule has 13 heteroatoms. The Balaban J connectivity index is 1.62. The van der Waals surface area contributed by atoms with Crippen LogP contribution in [-0.4, -0.2) is 45.5 Å². The van der Waals surface area contributed by atoms with Gasteiger partial charge in [0.1, 0.15) is 17.0 Å². The van der Waals surface area contributed by atoms with E-state index in [1.54, 1.807) is 31.5 Å². The molecule has 3 aromatic heterocycles. The van der Waals surface area contributed by atoms with Crippen molar-refractivity contribution in [2.45, 2.75) is 25.7 Å². The van der Waals surface area contributed by atoms with Gasteiger partial charge in [0.05, 0.1) is 13.7 Å². The number of hydrogen-bond acceptors (Lipinski definition) is 9. The number of pyridine rings is 1. The van der Waals surface area contributed by atoms with Crippen LogP contribution in [0.4, 0.5) is 19.1 Å². The fourth-order valence-electron chi connectivity index (χ4n) is 3.46. The Labute approximate surface area is 203 Å². The third-order valence-corrected chi connectivity index (χ3v) is 5.17. The van der Waals surface area contributed by atoms with E-state index in [1.165, 1.54) is 19.2 Å². The third-order valence-electron chi connectivity index (χ3n) is 5.17. The summed E-state index contributed by atoms with van der Waals surface area (Å²) in [7, 11) is 1.33. The number of halogens is 3. The van der Waals surface area contributed by atoms with Crippen molar-refractivity contribution in [3.05, 3.63) is 59.9 Å². The van der Waals surface area contributed by atoms with E-state index in [2.05, 4.69) is 30.6 Å². The predicted molar refractivity (Wildman–Crippen MR) is 124 cm³/mol. The Hall–Kier alpha value is -4.26. The highest BCUT2D eigenvalue weighted by molar-refractivity contribution is 5.98. The maximum absolute atomic E-state index is 13.2. The van der Waals surface area contributed by atoms with Gasteiger partial charge in [-0.2, -0.15) is 13.2 Å². The van der Waals surface area contributed by atoms with Crippen molar-refractivity contribution in [2.75, 3.05) is 19.0 Å². The van der Waals surface area contributed by atoms with Crippen molar-refractivity contribution < 1.29 is 27.1 Å². The summed E-state index contributed by atoms with van der Waals surface area (Å²) in [5.74, 6) is 0.172. The maximum Gasteiger partial charge on any atom is 0.433 e. The summed E-state index contributed by atoms with van der Waals surface area (Å²) in [6, 6.07) is 6.49.